The summed E-state index contributed by atoms with van der Waals surface area (Å²) in [6.07, 6.45) is 6.87. The Balaban J connectivity index is 4.15. The lowest BCUT2D eigenvalue weighted by atomic mass is 10.0. The topological polar surface area (TPSA) is 94.8 Å². The molecule has 142 valence electrons. The summed E-state index contributed by atoms with van der Waals surface area (Å²) in [4.78, 5) is 22.1. The number of aliphatic carboxylic acids is 1. The molecule has 0 saturated heterocycles. The minimum absolute atomic E-state index is 0.0143. The minimum atomic E-state index is -2.06. The average Bonchev–Trinajstić information content (AvgIpc) is 2.52. The van der Waals surface area contributed by atoms with E-state index in [4.69, 9.17) is 10.2 Å². The first-order chi connectivity index (χ1) is 11.6. The highest BCUT2D eigenvalue weighted by Gasteiger charge is 2.28. The molecule has 0 rings (SSSR count). The first-order valence-electron chi connectivity index (χ1n) is 8.71. The van der Waals surface area contributed by atoms with Gasteiger partial charge in [0.05, 0.1) is 0 Å². The van der Waals surface area contributed by atoms with Gasteiger partial charge in [0, 0.05) is 6.42 Å². The van der Waals surface area contributed by atoms with Crippen molar-refractivity contribution in [3.63, 3.8) is 0 Å². The molecule has 0 fully saturated rings. The summed E-state index contributed by atoms with van der Waals surface area (Å²) in [5.41, 5.74) is 3.85. The maximum atomic E-state index is 11.6. The van der Waals surface area contributed by atoms with Crippen LogP contribution < -0.4 is 0 Å². The van der Waals surface area contributed by atoms with Gasteiger partial charge in [-0.05, 0) is 59.8 Å². The second-order valence-corrected chi connectivity index (χ2v) is 6.69. The van der Waals surface area contributed by atoms with Crippen molar-refractivity contribution in [1.82, 2.24) is 0 Å². The van der Waals surface area contributed by atoms with E-state index in [1.165, 1.54) is 11.1 Å². The van der Waals surface area contributed by atoms with Crippen LogP contribution in [0.5, 0.6) is 0 Å². The van der Waals surface area contributed by atoms with Crippen LogP contribution >= 0.6 is 0 Å². The summed E-state index contributed by atoms with van der Waals surface area (Å²) in [6.45, 7) is 8.31. The fourth-order valence-electron chi connectivity index (χ4n) is 2.26. The highest BCUT2D eigenvalue weighted by Crippen LogP contribution is 2.12. The number of carboxylic acids is 1. The van der Waals surface area contributed by atoms with Gasteiger partial charge >= 0.3 is 5.97 Å². The maximum absolute atomic E-state index is 11.6. The number of allylic oxidation sites excluding steroid dienone is 6. The van der Waals surface area contributed by atoms with Crippen LogP contribution in [0.3, 0.4) is 0 Å². The van der Waals surface area contributed by atoms with Crippen molar-refractivity contribution in [3.05, 3.63) is 34.9 Å². The third-order valence-electron chi connectivity index (χ3n) is 3.89. The van der Waals surface area contributed by atoms with E-state index in [1.807, 2.05) is 13.0 Å². The van der Waals surface area contributed by atoms with Gasteiger partial charge in [-0.3, -0.25) is 4.79 Å². The number of aliphatic hydroxyl groups is 2. The Labute approximate surface area is 150 Å². The number of carbonyl (C=O) groups excluding carboxylic acids is 1. The van der Waals surface area contributed by atoms with Crippen molar-refractivity contribution in [1.29, 1.82) is 0 Å². The van der Waals surface area contributed by atoms with Gasteiger partial charge < -0.3 is 15.3 Å². The van der Waals surface area contributed by atoms with Crippen molar-refractivity contribution in [2.45, 2.75) is 78.4 Å². The predicted octanol–water partition coefficient (Wildman–Crippen LogP) is 3.56. The highest BCUT2D eigenvalue weighted by atomic mass is 16.4. The molecule has 2 unspecified atom stereocenters. The van der Waals surface area contributed by atoms with Crippen LogP contribution in [0, 0.1) is 0 Å². The molecule has 0 heterocycles. The molecule has 0 aliphatic heterocycles. The Kier molecular flexibility index (Phi) is 11.7. The lowest BCUT2D eigenvalue weighted by Crippen LogP contribution is -2.39. The molecule has 0 radical (unpaired) electrons. The summed E-state index contributed by atoms with van der Waals surface area (Å²) in [5, 5.41) is 27.1. The molecule has 5 nitrogen and oxygen atoms in total. The highest BCUT2D eigenvalue weighted by molar-refractivity contribution is 5.89. The minimum Gasteiger partial charge on any atom is -0.479 e. The summed E-state index contributed by atoms with van der Waals surface area (Å²) in [5.74, 6) is -2.26. The second-order valence-electron chi connectivity index (χ2n) is 6.69. The normalized spacial score (nSPS) is 14.8. The fraction of sp³-hybridized carbons (Fsp3) is 0.600. The van der Waals surface area contributed by atoms with Crippen molar-refractivity contribution < 1.29 is 24.9 Å². The monoisotopic (exact) mass is 352 g/mol. The van der Waals surface area contributed by atoms with E-state index in [0.717, 1.165) is 31.3 Å². The number of aliphatic hydroxyl groups excluding tert-OH is 2. The van der Waals surface area contributed by atoms with E-state index in [9.17, 15) is 14.7 Å². The SMILES string of the molecule is CC(C)=CCCC(C)=CCCC(C)=CCCC(=O)C(O)C(O)C(=O)O. The predicted molar refractivity (Wildman–Crippen MR) is 99.3 cm³/mol. The van der Waals surface area contributed by atoms with Crippen molar-refractivity contribution in [3.8, 4) is 0 Å². The molecule has 25 heavy (non-hydrogen) atoms. The van der Waals surface area contributed by atoms with Crippen LogP contribution in [0.15, 0.2) is 34.9 Å². The van der Waals surface area contributed by atoms with Gasteiger partial charge in [0.15, 0.2) is 11.9 Å². The van der Waals surface area contributed by atoms with Gasteiger partial charge in [0.2, 0.25) is 0 Å². The van der Waals surface area contributed by atoms with E-state index < -0.39 is 24.0 Å². The number of carbonyl (C=O) groups is 2. The fourth-order valence-corrected chi connectivity index (χ4v) is 2.26. The van der Waals surface area contributed by atoms with E-state index in [0.29, 0.717) is 6.42 Å². The Morgan fingerprint density at radius 3 is 1.64 bits per heavy atom. The van der Waals surface area contributed by atoms with E-state index >= 15 is 0 Å². The van der Waals surface area contributed by atoms with Crippen molar-refractivity contribution in [2.75, 3.05) is 0 Å². The number of carboxylic acid groups (broad SMARTS) is 1. The van der Waals surface area contributed by atoms with E-state index in [-0.39, 0.29) is 6.42 Å². The number of Topliss-reactive ketones (excluding diaryl/α,β-unsaturated/α-hetero) is 1. The van der Waals surface area contributed by atoms with Crippen LogP contribution in [0.2, 0.25) is 0 Å². The smallest absolute Gasteiger partial charge is 0.335 e. The molecule has 0 aliphatic carbocycles. The molecule has 0 saturated carbocycles. The zero-order valence-corrected chi connectivity index (χ0v) is 15.8. The van der Waals surface area contributed by atoms with Crippen LogP contribution in [0.1, 0.15) is 66.2 Å². The molecule has 0 aromatic carbocycles. The lowest BCUT2D eigenvalue weighted by Gasteiger charge is -2.12. The van der Waals surface area contributed by atoms with Gasteiger partial charge in [-0.15, -0.1) is 0 Å². The average molecular weight is 352 g/mol. The zero-order valence-electron chi connectivity index (χ0n) is 15.8. The molecular weight excluding hydrogens is 320 g/mol. The molecule has 0 aliphatic rings. The van der Waals surface area contributed by atoms with Gasteiger partial charge in [0.1, 0.15) is 6.10 Å². The van der Waals surface area contributed by atoms with Crippen LogP contribution in [-0.2, 0) is 9.59 Å². The molecule has 0 bridgehead atoms. The second kappa shape index (κ2) is 12.6. The van der Waals surface area contributed by atoms with Gasteiger partial charge in [-0.1, -0.05) is 34.9 Å². The largest absolute Gasteiger partial charge is 0.479 e. The number of rotatable bonds is 12. The molecule has 0 aromatic heterocycles. The van der Waals surface area contributed by atoms with Gasteiger partial charge in [-0.25, -0.2) is 4.79 Å². The van der Waals surface area contributed by atoms with Crippen LogP contribution in [0.4, 0.5) is 0 Å². The van der Waals surface area contributed by atoms with Gasteiger partial charge in [-0.2, -0.15) is 0 Å². The summed E-state index contributed by atoms with van der Waals surface area (Å²) >= 11 is 0. The molecule has 3 N–H and O–H groups in total. The van der Waals surface area contributed by atoms with Crippen molar-refractivity contribution in [2.24, 2.45) is 0 Å². The van der Waals surface area contributed by atoms with E-state index in [2.05, 4.69) is 32.9 Å². The molecule has 0 amide bonds. The standard InChI is InChI=1S/C20H32O5/c1-14(2)8-5-9-15(3)10-6-11-16(4)12-7-13-17(21)18(22)19(23)20(24)25/h8,10,12,18-19,22-23H,5-7,9,11,13H2,1-4H3,(H,24,25). The van der Waals surface area contributed by atoms with Gasteiger partial charge in [0.25, 0.3) is 0 Å². The third-order valence-corrected chi connectivity index (χ3v) is 3.89. The molecule has 5 heteroatoms. The molecule has 0 aromatic rings. The maximum Gasteiger partial charge on any atom is 0.335 e. The Hall–Kier alpha value is -1.72. The summed E-state index contributed by atoms with van der Waals surface area (Å²) in [6, 6.07) is 0. The summed E-state index contributed by atoms with van der Waals surface area (Å²) in [7, 11) is 0. The van der Waals surface area contributed by atoms with Crippen LogP contribution in [0.25, 0.3) is 0 Å². The third kappa shape index (κ3) is 11.5. The molecular formula is C20H32O5. The van der Waals surface area contributed by atoms with Crippen LogP contribution in [-0.4, -0.2) is 39.3 Å². The quantitative estimate of drug-likeness (QED) is 0.467. The van der Waals surface area contributed by atoms with E-state index in [1.54, 1.807) is 0 Å². The first kappa shape index (κ1) is 23.3. The Morgan fingerprint density at radius 1 is 0.760 bits per heavy atom. The number of hydrogen-bond donors (Lipinski definition) is 3. The first-order valence-corrected chi connectivity index (χ1v) is 8.71. The number of hydrogen-bond acceptors (Lipinski definition) is 4. The Morgan fingerprint density at radius 2 is 1.20 bits per heavy atom. The lowest BCUT2D eigenvalue weighted by molar-refractivity contribution is -0.157. The Bertz CT molecular complexity index is 524. The zero-order chi connectivity index (χ0) is 19.4. The number of ketones is 1. The van der Waals surface area contributed by atoms with Crippen molar-refractivity contribution >= 4 is 11.8 Å². The summed E-state index contributed by atoms with van der Waals surface area (Å²) < 4.78 is 0. The molecule has 2 atom stereocenters. The molecule has 0 spiro atoms.